The molecule has 12 nitrogen and oxygen atoms in total. The van der Waals surface area contributed by atoms with Gasteiger partial charge in [-0.25, -0.2) is 4.79 Å². The molecule has 3 saturated carbocycles. The number of rotatable bonds is 12. The highest BCUT2D eigenvalue weighted by molar-refractivity contribution is 6.01. The number of benzene rings is 2. The zero-order valence-corrected chi connectivity index (χ0v) is 33.0. The van der Waals surface area contributed by atoms with Crippen LogP contribution in [0, 0.1) is 28.6 Å². The highest BCUT2D eigenvalue weighted by Gasteiger charge is 2.69. The topological polar surface area (TPSA) is 159 Å². The number of nitrogens with zero attached hydrogens (tertiary/aromatic N) is 2. The molecular formula is C44H52N2O10. The molecule has 5 aliphatic rings. The van der Waals surface area contributed by atoms with Gasteiger partial charge in [-0.2, -0.15) is 10.2 Å². The molecule has 1 N–H and O–H groups in total. The maximum atomic E-state index is 14.6. The van der Waals surface area contributed by atoms with Crippen LogP contribution in [0.25, 0.3) is 0 Å². The summed E-state index contributed by atoms with van der Waals surface area (Å²) in [6.45, 7) is 9.00. The van der Waals surface area contributed by atoms with Crippen LogP contribution in [-0.2, 0) is 39.8 Å². The second-order valence-electron chi connectivity index (χ2n) is 16.8. The average molecular weight is 769 g/mol. The first-order valence-corrected chi connectivity index (χ1v) is 19.7. The lowest BCUT2D eigenvalue weighted by atomic mass is 9.46. The lowest BCUT2D eigenvalue weighted by Crippen LogP contribution is -2.63. The Kier molecular flexibility index (Phi) is 10.7. The van der Waals surface area contributed by atoms with Crippen molar-refractivity contribution in [2.24, 2.45) is 38.8 Å². The van der Waals surface area contributed by atoms with E-state index in [2.05, 4.69) is 24.1 Å². The normalized spacial score (nSPS) is 31.9. The molecule has 0 bridgehead atoms. The summed E-state index contributed by atoms with van der Waals surface area (Å²) in [6, 6.07) is 11.8. The molecule has 12 heteroatoms. The molecule has 2 aromatic rings. The number of hydrogen-bond donors (Lipinski definition) is 1. The van der Waals surface area contributed by atoms with Crippen molar-refractivity contribution in [1.29, 1.82) is 0 Å². The van der Waals surface area contributed by atoms with Crippen molar-refractivity contribution >= 4 is 34.9 Å². The monoisotopic (exact) mass is 768 g/mol. The molecule has 7 rings (SSSR count). The van der Waals surface area contributed by atoms with Gasteiger partial charge in [-0.1, -0.05) is 57.0 Å². The van der Waals surface area contributed by atoms with Crippen LogP contribution < -0.4 is 4.74 Å². The maximum Gasteiger partial charge on any atom is 0.345 e. The number of Topliss-reactive ketones (excluding diaryl/α,β-unsaturated/α-hetero) is 1. The van der Waals surface area contributed by atoms with E-state index in [-0.39, 0.29) is 41.3 Å². The van der Waals surface area contributed by atoms with Gasteiger partial charge in [-0.3, -0.25) is 14.4 Å². The van der Waals surface area contributed by atoms with Crippen LogP contribution in [0.15, 0.2) is 76.5 Å². The Hall–Kier alpha value is -4.52. The number of aliphatic hydroxyl groups is 1. The summed E-state index contributed by atoms with van der Waals surface area (Å²) in [7, 11) is 1.56. The van der Waals surface area contributed by atoms with Crippen molar-refractivity contribution in [3.05, 3.63) is 77.4 Å². The number of carbonyl (C=O) groups excluding carboxylic acids is 4. The largest absolute Gasteiger partial charge is 0.457 e. The molecule has 298 valence electrons. The Morgan fingerprint density at radius 3 is 2.59 bits per heavy atom. The van der Waals surface area contributed by atoms with Crippen LogP contribution in [0.1, 0.15) is 95.5 Å². The number of fused-ring (bicyclic) bond motifs is 6. The fourth-order valence-corrected chi connectivity index (χ4v) is 10.4. The number of azo groups is 1. The number of aliphatic hydroxyl groups excluding tert-OH is 1. The van der Waals surface area contributed by atoms with E-state index in [0.29, 0.717) is 48.4 Å². The minimum atomic E-state index is -1.36. The molecule has 0 saturated heterocycles. The number of cyclic esters (lactones) is 1. The van der Waals surface area contributed by atoms with Crippen LogP contribution in [0.5, 0.6) is 5.75 Å². The second-order valence-corrected chi connectivity index (χ2v) is 16.8. The molecule has 2 aromatic carbocycles. The van der Waals surface area contributed by atoms with E-state index >= 15 is 0 Å². The van der Waals surface area contributed by atoms with Crippen LogP contribution in [0.4, 0.5) is 11.4 Å². The number of carbonyl (C=O) groups is 4. The van der Waals surface area contributed by atoms with Crippen molar-refractivity contribution in [1.82, 2.24) is 0 Å². The van der Waals surface area contributed by atoms with E-state index in [1.165, 1.54) is 6.07 Å². The first kappa shape index (κ1) is 39.7. The van der Waals surface area contributed by atoms with Gasteiger partial charge in [0, 0.05) is 37.7 Å². The summed E-state index contributed by atoms with van der Waals surface area (Å²) in [4.78, 5) is 52.9. The zero-order valence-electron chi connectivity index (χ0n) is 33.0. The number of esters is 2. The van der Waals surface area contributed by atoms with Crippen molar-refractivity contribution in [2.45, 2.75) is 110 Å². The lowest BCUT2D eigenvalue weighted by Gasteiger charge is -2.60. The Labute approximate surface area is 327 Å². The van der Waals surface area contributed by atoms with E-state index in [4.69, 9.17) is 23.7 Å². The highest BCUT2D eigenvalue weighted by atomic mass is 16.7. The number of ketones is 2. The maximum absolute atomic E-state index is 14.6. The molecule has 3 fully saturated rings. The predicted octanol–water partition coefficient (Wildman–Crippen LogP) is 7.85. The van der Waals surface area contributed by atoms with Gasteiger partial charge in [0.15, 0.2) is 18.7 Å². The van der Waals surface area contributed by atoms with E-state index < -0.39 is 53.2 Å². The molecule has 56 heavy (non-hydrogen) atoms. The van der Waals surface area contributed by atoms with Gasteiger partial charge in [0.1, 0.15) is 16.9 Å². The molecule has 8 unspecified atom stereocenters. The van der Waals surface area contributed by atoms with E-state index in [1.54, 1.807) is 69.5 Å². The first-order chi connectivity index (χ1) is 26.6. The molecule has 0 aromatic heterocycles. The summed E-state index contributed by atoms with van der Waals surface area (Å²) in [6.07, 6.45) is 8.07. The van der Waals surface area contributed by atoms with Crippen LogP contribution in [0.3, 0.4) is 0 Å². The standard InChI is InChI=1S/C44H52N2O10/c1-7-10-38(52-6)55-44(20-18-32-30-15-13-27-22-29(47)17-19-42(27,4)39(30)34(48)24-43(32,44)5)36(49)25-53-37(50)21-26-11-8-9-12-33(26)46-45-28-14-16-35-31(23-28)40(51)56-41(2,3)54-35/h8-9,11-12,14,16-17,19,22-23,30,32,34,38-39,48H,7,10,13,15,18,20-21,24-25H2,1-6H3. The van der Waals surface area contributed by atoms with Gasteiger partial charge >= 0.3 is 11.9 Å². The van der Waals surface area contributed by atoms with Crippen molar-refractivity contribution in [2.75, 3.05) is 13.7 Å². The molecule has 1 heterocycles. The van der Waals surface area contributed by atoms with Gasteiger partial charge in [0.2, 0.25) is 11.6 Å². The Bertz CT molecular complexity index is 2000. The van der Waals surface area contributed by atoms with E-state index in [0.717, 1.165) is 24.8 Å². The van der Waals surface area contributed by atoms with Crippen LogP contribution in [-0.4, -0.2) is 66.1 Å². The Morgan fingerprint density at radius 1 is 1.04 bits per heavy atom. The van der Waals surface area contributed by atoms with Crippen molar-refractivity contribution in [3.63, 3.8) is 0 Å². The molecule has 4 aliphatic carbocycles. The molecule has 0 amide bonds. The lowest BCUT2D eigenvalue weighted by molar-refractivity contribution is -0.248. The quantitative estimate of drug-likeness (QED) is 0.128. The van der Waals surface area contributed by atoms with Crippen LogP contribution in [0.2, 0.25) is 0 Å². The average Bonchev–Trinajstić information content (AvgIpc) is 3.44. The third-order valence-corrected chi connectivity index (χ3v) is 13.0. The summed E-state index contributed by atoms with van der Waals surface area (Å²) in [5.74, 6) is -2.16. The second kappa shape index (κ2) is 15.1. The van der Waals surface area contributed by atoms with Crippen LogP contribution >= 0.6 is 0 Å². The molecule has 0 radical (unpaired) electrons. The summed E-state index contributed by atoms with van der Waals surface area (Å²) >= 11 is 0. The smallest absolute Gasteiger partial charge is 0.345 e. The Balaban J connectivity index is 1.08. The van der Waals surface area contributed by atoms with E-state index in [1.807, 2.05) is 13.0 Å². The molecule has 0 spiro atoms. The molecule has 8 atom stereocenters. The van der Waals surface area contributed by atoms with Gasteiger partial charge in [-0.15, -0.1) is 0 Å². The van der Waals surface area contributed by atoms with E-state index in [9.17, 15) is 24.3 Å². The number of allylic oxidation sites excluding steroid dienone is 4. The van der Waals surface area contributed by atoms with Gasteiger partial charge in [0.05, 0.1) is 23.9 Å². The number of ether oxygens (including phenoxy) is 5. The minimum absolute atomic E-state index is 0.0195. The highest BCUT2D eigenvalue weighted by Crippen LogP contribution is 2.68. The summed E-state index contributed by atoms with van der Waals surface area (Å²) < 4.78 is 29.3. The molecular weight excluding hydrogens is 716 g/mol. The first-order valence-electron chi connectivity index (χ1n) is 19.7. The number of hydrogen-bond acceptors (Lipinski definition) is 12. The fourth-order valence-electron chi connectivity index (χ4n) is 10.4. The predicted molar refractivity (Wildman–Crippen MR) is 204 cm³/mol. The van der Waals surface area contributed by atoms with Gasteiger partial charge in [0.25, 0.3) is 0 Å². The van der Waals surface area contributed by atoms with Crippen molar-refractivity contribution < 1.29 is 48.0 Å². The fraction of sp³-hybridized carbons (Fsp3) is 0.545. The number of methoxy groups -OCH3 is 1. The summed E-state index contributed by atoms with van der Waals surface area (Å²) in [5.41, 5.74) is 0.0742. The summed E-state index contributed by atoms with van der Waals surface area (Å²) in [5, 5.41) is 20.7. The minimum Gasteiger partial charge on any atom is -0.457 e. The van der Waals surface area contributed by atoms with Crippen molar-refractivity contribution in [3.8, 4) is 5.75 Å². The third kappa shape index (κ3) is 7.05. The zero-order chi connectivity index (χ0) is 40.0. The molecule has 1 aliphatic heterocycles. The SMILES string of the molecule is CCCC(OC)OC1(C(=O)COC(=O)Cc2ccccc2N=Nc2ccc3c(c2)C(=O)OC(C)(C)O3)CCC2C3CCC4=CC(=O)C=CC4(C)C3C(O)CC21C. The van der Waals surface area contributed by atoms with Gasteiger partial charge < -0.3 is 28.8 Å². The Morgan fingerprint density at radius 2 is 1.82 bits per heavy atom. The van der Waals surface area contributed by atoms with Gasteiger partial charge in [-0.05, 0) is 92.3 Å². The third-order valence-electron chi connectivity index (χ3n) is 13.0.